The number of nitrogens with one attached hydrogen (secondary N) is 2. The van der Waals surface area contributed by atoms with Crippen molar-refractivity contribution in [2.45, 2.75) is 31.1 Å². The lowest BCUT2D eigenvalue weighted by atomic mass is 9.85. The Balaban J connectivity index is 1.31. The van der Waals surface area contributed by atoms with Crippen molar-refractivity contribution in [1.82, 2.24) is 15.3 Å². The second kappa shape index (κ2) is 8.91. The number of amides is 1. The molecule has 0 bridgehead atoms. The quantitative estimate of drug-likeness (QED) is 0.423. The van der Waals surface area contributed by atoms with Crippen LogP contribution in [0.25, 0.3) is 0 Å². The highest BCUT2D eigenvalue weighted by atomic mass is 16.1. The predicted molar refractivity (Wildman–Crippen MR) is 115 cm³/mol. The maximum Gasteiger partial charge on any atom is 0.243 e. The molecule has 1 aromatic heterocycles. The maximum absolute atomic E-state index is 12.2. The Morgan fingerprint density at radius 2 is 1.76 bits per heavy atom. The van der Waals surface area contributed by atoms with Crippen LogP contribution in [0.4, 0.5) is 0 Å². The van der Waals surface area contributed by atoms with Gasteiger partial charge in [0.2, 0.25) is 5.91 Å². The SMILES string of the molecule is O=C(/C=C/[C@@H]1CC1(c1ccccc1)c1ccccc1)NCCCCc1ncc[nH]1. The molecule has 4 rings (SSSR count). The first-order chi connectivity index (χ1) is 14.3. The van der Waals surface area contributed by atoms with Crippen molar-refractivity contribution in [1.29, 1.82) is 0 Å². The summed E-state index contributed by atoms with van der Waals surface area (Å²) in [6, 6.07) is 21.2. The molecule has 0 unspecified atom stereocenters. The van der Waals surface area contributed by atoms with Crippen LogP contribution in [-0.2, 0) is 16.6 Å². The second-order valence-electron chi connectivity index (χ2n) is 7.66. The van der Waals surface area contributed by atoms with E-state index in [0.29, 0.717) is 12.5 Å². The molecule has 0 radical (unpaired) electrons. The lowest BCUT2D eigenvalue weighted by Crippen LogP contribution is -2.22. The fourth-order valence-electron chi connectivity index (χ4n) is 4.15. The summed E-state index contributed by atoms with van der Waals surface area (Å²) in [7, 11) is 0. The lowest BCUT2D eigenvalue weighted by molar-refractivity contribution is -0.116. The van der Waals surface area contributed by atoms with Gasteiger partial charge in [-0.25, -0.2) is 4.98 Å². The van der Waals surface area contributed by atoms with Gasteiger partial charge in [0.15, 0.2) is 0 Å². The number of H-pyrrole nitrogens is 1. The minimum atomic E-state index is -0.0116. The third-order valence-electron chi connectivity index (χ3n) is 5.77. The van der Waals surface area contributed by atoms with Crippen LogP contribution in [0.5, 0.6) is 0 Å². The molecule has 29 heavy (non-hydrogen) atoms. The van der Waals surface area contributed by atoms with Gasteiger partial charge < -0.3 is 10.3 Å². The van der Waals surface area contributed by atoms with E-state index >= 15 is 0 Å². The van der Waals surface area contributed by atoms with Gasteiger partial charge in [-0.3, -0.25) is 4.79 Å². The van der Waals surface area contributed by atoms with E-state index in [4.69, 9.17) is 0 Å². The van der Waals surface area contributed by atoms with Gasteiger partial charge in [-0.1, -0.05) is 66.7 Å². The van der Waals surface area contributed by atoms with Crippen molar-refractivity contribution >= 4 is 5.91 Å². The predicted octanol–water partition coefficient (Wildman–Crippen LogP) is 4.41. The summed E-state index contributed by atoms with van der Waals surface area (Å²) < 4.78 is 0. The zero-order chi connectivity index (χ0) is 19.9. The number of unbranched alkanes of at least 4 members (excludes halogenated alkanes) is 1. The van der Waals surface area contributed by atoms with Gasteiger partial charge in [0.1, 0.15) is 5.82 Å². The fourth-order valence-corrected chi connectivity index (χ4v) is 4.15. The smallest absolute Gasteiger partial charge is 0.243 e. The molecular formula is C25H27N3O. The first kappa shape index (κ1) is 19.2. The van der Waals surface area contributed by atoms with Crippen LogP contribution in [0.15, 0.2) is 85.2 Å². The van der Waals surface area contributed by atoms with Gasteiger partial charge in [-0.15, -0.1) is 0 Å². The standard InChI is InChI=1S/C25H27N3O/c29-24(28-16-8-7-13-23-26-17-18-27-23)15-14-22-19-25(22,20-9-3-1-4-10-20)21-11-5-2-6-12-21/h1-6,9-12,14-15,17-18,22H,7-8,13,16,19H2,(H,26,27)(H,28,29)/b15-14+/t22-/m1/s1. The number of nitrogens with zero attached hydrogens (tertiary/aromatic N) is 1. The minimum absolute atomic E-state index is 0.00933. The van der Waals surface area contributed by atoms with E-state index in [9.17, 15) is 4.79 Å². The van der Waals surface area contributed by atoms with Crippen molar-refractivity contribution in [2.24, 2.45) is 5.92 Å². The number of rotatable bonds is 9. The molecule has 2 aromatic carbocycles. The Labute approximate surface area is 172 Å². The Morgan fingerprint density at radius 1 is 1.07 bits per heavy atom. The zero-order valence-corrected chi connectivity index (χ0v) is 16.6. The summed E-state index contributed by atoms with van der Waals surface area (Å²) >= 11 is 0. The summed E-state index contributed by atoms with van der Waals surface area (Å²) in [5, 5.41) is 3.00. The molecule has 0 aliphatic heterocycles. The van der Waals surface area contributed by atoms with Crippen LogP contribution in [0, 0.1) is 5.92 Å². The Bertz CT molecular complexity index is 893. The van der Waals surface area contributed by atoms with Gasteiger partial charge in [0.25, 0.3) is 0 Å². The Morgan fingerprint density at radius 3 is 2.38 bits per heavy atom. The van der Waals surface area contributed by atoms with E-state index in [1.807, 2.05) is 6.20 Å². The highest BCUT2D eigenvalue weighted by Gasteiger charge is 2.54. The van der Waals surface area contributed by atoms with Crippen LogP contribution in [0.3, 0.4) is 0 Å². The average molecular weight is 386 g/mol. The molecule has 1 amide bonds. The largest absolute Gasteiger partial charge is 0.353 e. The molecule has 4 nitrogen and oxygen atoms in total. The van der Waals surface area contributed by atoms with Gasteiger partial charge in [0, 0.05) is 30.8 Å². The average Bonchev–Trinajstić information content (AvgIpc) is 3.28. The molecule has 148 valence electrons. The summed E-state index contributed by atoms with van der Waals surface area (Å²) in [6.45, 7) is 0.692. The first-order valence-corrected chi connectivity index (χ1v) is 10.3. The molecule has 1 atom stereocenters. The summed E-state index contributed by atoms with van der Waals surface area (Å²) in [6.07, 6.45) is 11.3. The molecular weight excluding hydrogens is 358 g/mol. The van der Waals surface area contributed by atoms with Crippen molar-refractivity contribution in [3.63, 3.8) is 0 Å². The number of imidazole rings is 1. The number of hydrogen-bond donors (Lipinski definition) is 2. The van der Waals surface area contributed by atoms with Crippen molar-refractivity contribution < 1.29 is 4.79 Å². The molecule has 0 spiro atoms. The van der Waals surface area contributed by atoms with Gasteiger partial charge in [0.05, 0.1) is 0 Å². The van der Waals surface area contributed by atoms with Crippen LogP contribution in [0.2, 0.25) is 0 Å². The van der Waals surface area contributed by atoms with Crippen LogP contribution in [-0.4, -0.2) is 22.4 Å². The normalized spacial score (nSPS) is 17.3. The fraction of sp³-hybridized carbons (Fsp3) is 0.280. The summed E-state index contributed by atoms with van der Waals surface area (Å²) in [4.78, 5) is 19.6. The number of carbonyl (C=O) groups excluding carboxylic acids is 1. The number of aryl methyl sites for hydroxylation is 1. The van der Waals surface area contributed by atoms with Crippen LogP contribution < -0.4 is 5.32 Å². The third-order valence-corrected chi connectivity index (χ3v) is 5.77. The number of allylic oxidation sites excluding steroid dienone is 1. The lowest BCUT2D eigenvalue weighted by Gasteiger charge is -2.18. The number of aromatic nitrogens is 2. The number of aromatic amines is 1. The van der Waals surface area contributed by atoms with E-state index in [1.165, 1.54) is 11.1 Å². The van der Waals surface area contributed by atoms with Gasteiger partial charge >= 0.3 is 0 Å². The molecule has 4 heteroatoms. The Hall–Kier alpha value is -3.14. The monoisotopic (exact) mass is 385 g/mol. The highest BCUT2D eigenvalue weighted by Crippen LogP contribution is 2.59. The summed E-state index contributed by atoms with van der Waals surface area (Å²) in [5.41, 5.74) is 2.63. The third kappa shape index (κ3) is 4.48. The topological polar surface area (TPSA) is 57.8 Å². The van der Waals surface area contributed by atoms with Crippen molar-refractivity contribution in [3.05, 3.63) is 102 Å². The van der Waals surface area contributed by atoms with E-state index < -0.39 is 0 Å². The van der Waals surface area contributed by atoms with Crippen LogP contribution >= 0.6 is 0 Å². The highest BCUT2D eigenvalue weighted by molar-refractivity contribution is 5.87. The van der Waals surface area contributed by atoms with E-state index in [0.717, 1.165) is 31.5 Å². The number of carbonyl (C=O) groups is 1. The molecule has 1 aliphatic rings. The Kier molecular flexibility index (Phi) is 5.89. The minimum Gasteiger partial charge on any atom is -0.353 e. The van der Waals surface area contributed by atoms with Gasteiger partial charge in [-0.05, 0) is 42.4 Å². The molecule has 1 heterocycles. The number of benzene rings is 2. The molecule has 1 saturated carbocycles. The van der Waals surface area contributed by atoms with Gasteiger partial charge in [-0.2, -0.15) is 0 Å². The zero-order valence-electron chi connectivity index (χ0n) is 16.6. The van der Waals surface area contributed by atoms with Crippen LogP contribution in [0.1, 0.15) is 36.2 Å². The maximum atomic E-state index is 12.2. The molecule has 1 aliphatic carbocycles. The molecule has 3 aromatic rings. The summed E-state index contributed by atoms with van der Waals surface area (Å²) in [5.74, 6) is 1.34. The van der Waals surface area contributed by atoms with E-state index in [2.05, 4.69) is 82.0 Å². The first-order valence-electron chi connectivity index (χ1n) is 10.3. The van der Waals surface area contributed by atoms with Crippen molar-refractivity contribution in [3.8, 4) is 0 Å². The molecule has 1 fully saturated rings. The second-order valence-corrected chi connectivity index (χ2v) is 7.66. The van der Waals surface area contributed by atoms with E-state index in [-0.39, 0.29) is 11.3 Å². The van der Waals surface area contributed by atoms with E-state index in [1.54, 1.807) is 12.3 Å². The molecule has 0 saturated heterocycles. The molecule has 2 N–H and O–H groups in total. The van der Waals surface area contributed by atoms with Crippen molar-refractivity contribution in [2.75, 3.05) is 6.54 Å². The number of hydrogen-bond acceptors (Lipinski definition) is 2.